The maximum Gasteiger partial charge on any atom is 0.292 e. The Morgan fingerprint density at radius 2 is 2.19 bits per heavy atom. The van der Waals surface area contributed by atoms with Gasteiger partial charge in [-0.25, -0.2) is 4.98 Å². The first-order chi connectivity index (χ1) is 7.65. The highest BCUT2D eigenvalue weighted by atomic mass is 35.5. The molecule has 2 heterocycles. The van der Waals surface area contributed by atoms with Crippen LogP contribution in [-0.4, -0.2) is 10.9 Å². The summed E-state index contributed by atoms with van der Waals surface area (Å²) in [6, 6.07) is 6.60. The third-order valence-electron chi connectivity index (χ3n) is 1.95. The summed E-state index contributed by atoms with van der Waals surface area (Å²) in [5.74, 6) is 0.263. The number of nitrogens with one attached hydrogen (secondary N) is 1. The van der Waals surface area contributed by atoms with Crippen LogP contribution < -0.4 is 5.32 Å². The zero-order valence-electron chi connectivity index (χ0n) is 8.53. The highest BCUT2D eigenvalue weighted by molar-refractivity contribution is 6.29. The summed E-state index contributed by atoms with van der Waals surface area (Å²) in [6.45, 7) is 1.92. The number of nitrogens with zero attached hydrogens (tertiary/aromatic N) is 1. The molecule has 0 aliphatic carbocycles. The topological polar surface area (TPSA) is 55.1 Å². The van der Waals surface area contributed by atoms with Crippen LogP contribution >= 0.6 is 11.6 Å². The lowest BCUT2D eigenvalue weighted by atomic mass is 10.3. The van der Waals surface area contributed by atoms with E-state index in [1.807, 2.05) is 13.0 Å². The zero-order valence-corrected chi connectivity index (χ0v) is 9.28. The number of hydrogen-bond donors (Lipinski definition) is 1. The van der Waals surface area contributed by atoms with Gasteiger partial charge >= 0.3 is 0 Å². The van der Waals surface area contributed by atoms with E-state index < -0.39 is 0 Å². The average Bonchev–Trinajstić information content (AvgIpc) is 2.68. The van der Waals surface area contributed by atoms with Crippen LogP contribution in [0.2, 0.25) is 5.22 Å². The van der Waals surface area contributed by atoms with Crippen molar-refractivity contribution in [3.05, 3.63) is 47.0 Å². The molecule has 0 bridgehead atoms. The first-order valence-corrected chi connectivity index (χ1v) is 5.02. The number of pyridine rings is 1. The number of rotatable bonds is 2. The fraction of sp³-hybridized carbons (Fsp3) is 0.0909. The number of amides is 1. The van der Waals surface area contributed by atoms with E-state index in [4.69, 9.17) is 16.0 Å². The van der Waals surface area contributed by atoms with Gasteiger partial charge in [-0.05, 0) is 42.3 Å². The molecule has 82 valence electrons. The number of hydrogen-bond acceptors (Lipinski definition) is 3. The number of carbonyl (C=O) groups is 1. The smallest absolute Gasteiger partial charge is 0.292 e. The van der Waals surface area contributed by atoms with Gasteiger partial charge in [0.1, 0.15) is 5.82 Å². The molecule has 1 amide bonds. The van der Waals surface area contributed by atoms with Gasteiger partial charge in [-0.1, -0.05) is 6.07 Å². The molecule has 0 aliphatic heterocycles. The Morgan fingerprint density at radius 3 is 2.75 bits per heavy atom. The second kappa shape index (κ2) is 4.37. The molecule has 0 aromatic carbocycles. The highest BCUT2D eigenvalue weighted by Gasteiger charge is 2.10. The van der Waals surface area contributed by atoms with Crippen molar-refractivity contribution in [2.75, 3.05) is 5.32 Å². The molecule has 4 nitrogen and oxygen atoms in total. The van der Waals surface area contributed by atoms with Crippen LogP contribution in [-0.2, 0) is 0 Å². The van der Waals surface area contributed by atoms with Crippen LogP contribution in [0.25, 0.3) is 0 Å². The van der Waals surface area contributed by atoms with Crippen LogP contribution in [0.3, 0.4) is 0 Å². The molecule has 2 rings (SSSR count). The summed E-state index contributed by atoms with van der Waals surface area (Å²) < 4.78 is 4.97. The molecule has 0 atom stereocenters. The van der Waals surface area contributed by atoms with E-state index in [-0.39, 0.29) is 16.9 Å². The van der Waals surface area contributed by atoms with E-state index in [1.165, 1.54) is 12.1 Å². The Hall–Kier alpha value is -1.81. The lowest BCUT2D eigenvalue weighted by molar-refractivity contribution is 0.0996. The fourth-order valence-electron chi connectivity index (χ4n) is 1.16. The van der Waals surface area contributed by atoms with Gasteiger partial charge < -0.3 is 9.73 Å². The van der Waals surface area contributed by atoms with Crippen molar-refractivity contribution in [2.24, 2.45) is 0 Å². The predicted octanol–water partition coefficient (Wildman–Crippen LogP) is 2.89. The second-order valence-electron chi connectivity index (χ2n) is 3.28. The Balaban J connectivity index is 2.10. The van der Waals surface area contributed by atoms with Crippen molar-refractivity contribution in [2.45, 2.75) is 6.92 Å². The molecular formula is C11H9ClN2O2. The number of carbonyl (C=O) groups excluding carboxylic acids is 1. The normalized spacial score (nSPS) is 10.1. The Bertz CT molecular complexity index is 505. The molecule has 5 heteroatoms. The minimum Gasteiger partial charge on any atom is -0.440 e. The number of anilines is 1. The van der Waals surface area contributed by atoms with Gasteiger partial charge in [0.2, 0.25) is 0 Å². The van der Waals surface area contributed by atoms with Gasteiger partial charge in [0.05, 0.1) is 0 Å². The summed E-state index contributed by atoms with van der Waals surface area (Å²) in [5, 5.41) is 2.78. The monoisotopic (exact) mass is 236 g/mol. The van der Waals surface area contributed by atoms with Crippen molar-refractivity contribution in [1.82, 2.24) is 4.98 Å². The quantitative estimate of drug-likeness (QED) is 0.872. The van der Waals surface area contributed by atoms with Gasteiger partial charge in [-0.2, -0.15) is 0 Å². The predicted molar refractivity (Wildman–Crippen MR) is 60.6 cm³/mol. The largest absolute Gasteiger partial charge is 0.440 e. The van der Waals surface area contributed by atoms with Gasteiger partial charge in [0, 0.05) is 6.20 Å². The molecule has 2 aromatic heterocycles. The number of furan rings is 1. The van der Waals surface area contributed by atoms with E-state index in [1.54, 1.807) is 12.3 Å². The third kappa shape index (κ3) is 2.41. The Morgan fingerprint density at radius 1 is 1.38 bits per heavy atom. The fourth-order valence-corrected chi connectivity index (χ4v) is 1.30. The standard InChI is InChI=1S/C11H9ClN2O2/c1-7-2-5-10(13-6-7)14-11(15)8-3-4-9(12)16-8/h2-6H,1H3,(H,13,14,15). The van der Waals surface area contributed by atoms with E-state index in [9.17, 15) is 4.79 Å². The van der Waals surface area contributed by atoms with Gasteiger partial charge in [0.25, 0.3) is 5.91 Å². The zero-order chi connectivity index (χ0) is 11.5. The maximum absolute atomic E-state index is 11.6. The molecule has 1 N–H and O–H groups in total. The number of halogens is 1. The minimum absolute atomic E-state index is 0.160. The molecular weight excluding hydrogens is 228 g/mol. The maximum atomic E-state index is 11.6. The van der Waals surface area contributed by atoms with Gasteiger partial charge in [0.15, 0.2) is 11.0 Å². The first-order valence-electron chi connectivity index (χ1n) is 4.64. The number of aryl methyl sites for hydroxylation is 1. The second-order valence-corrected chi connectivity index (χ2v) is 3.65. The molecule has 0 saturated heterocycles. The summed E-state index contributed by atoms with van der Waals surface area (Å²) >= 11 is 5.57. The SMILES string of the molecule is Cc1ccc(NC(=O)c2ccc(Cl)o2)nc1. The third-order valence-corrected chi connectivity index (χ3v) is 2.15. The van der Waals surface area contributed by atoms with Gasteiger partial charge in [-0.15, -0.1) is 0 Å². The molecule has 0 spiro atoms. The summed E-state index contributed by atoms with van der Waals surface area (Å²) in [4.78, 5) is 15.7. The van der Waals surface area contributed by atoms with Crippen LogP contribution in [0, 0.1) is 6.92 Å². The number of aromatic nitrogens is 1. The van der Waals surface area contributed by atoms with E-state index >= 15 is 0 Å². The molecule has 0 fully saturated rings. The van der Waals surface area contributed by atoms with E-state index in [0.29, 0.717) is 5.82 Å². The van der Waals surface area contributed by atoms with Crippen molar-refractivity contribution in [3.8, 4) is 0 Å². The lowest BCUT2D eigenvalue weighted by Gasteiger charge is -2.01. The van der Waals surface area contributed by atoms with Crippen LogP contribution in [0.1, 0.15) is 16.1 Å². The molecule has 0 unspecified atom stereocenters. The van der Waals surface area contributed by atoms with Crippen molar-refractivity contribution >= 4 is 23.3 Å². The highest BCUT2D eigenvalue weighted by Crippen LogP contribution is 2.14. The van der Waals surface area contributed by atoms with E-state index in [2.05, 4.69) is 10.3 Å². The molecule has 2 aromatic rings. The van der Waals surface area contributed by atoms with Crippen molar-refractivity contribution in [1.29, 1.82) is 0 Å². The Kier molecular flexibility index (Phi) is 2.92. The molecule has 0 saturated carbocycles. The minimum atomic E-state index is -0.372. The van der Waals surface area contributed by atoms with Crippen LogP contribution in [0.5, 0.6) is 0 Å². The average molecular weight is 237 g/mol. The Labute approximate surface area is 97.2 Å². The van der Waals surface area contributed by atoms with Crippen LogP contribution in [0.15, 0.2) is 34.9 Å². The molecule has 0 aliphatic rings. The van der Waals surface area contributed by atoms with Crippen molar-refractivity contribution < 1.29 is 9.21 Å². The molecule has 0 radical (unpaired) electrons. The molecule has 16 heavy (non-hydrogen) atoms. The summed E-state index contributed by atoms with van der Waals surface area (Å²) in [5.41, 5.74) is 1.03. The van der Waals surface area contributed by atoms with E-state index in [0.717, 1.165) is 5.56 Å². The van der Waals surface area contributed by atoms with Crippen LogP contribution in [0.4, 0.5) is 5.82 Å². The summed E-state index contributed by atoms with van der Waals surface area (Å²) in [7, 11) is 0. The van der Waals surface area contributed by atoms with Gasteiger partial charge in [-0.3, -0.25) is 4.79 Å². The van der Waals surface area contributed by atoms with Crippen molar-refractivity contribution in [3.63, 3.8) is 0 Å². The summed E-state index contributed by atoms with van der Waals surface area (Å²) in [6.07, 6.45) is 1.67. The lowest BCUT2D eigenvalue weighted by Crippen LogP contribution is -2.11. The first kappa shape index (κ1) is 10.7.